The van der Waals surface area contributed by atoms with Crippen LogP contribution < -0.4 is 5.32 Å². The van der Waals surface area contributed by atoms with Gasteiger partial charge in [-0.2, -0.15) is 0 Å². The van der Waals surface area contributed by atoms with Crippen molar-refractivity contribution in [2.24, 2.45) is 5.41 Å². The Morgan fingerprint density at radius 3 is 2.69 bits per heavy atom. The highest BCUT2D eigenvalue weighted by Gasteiger charge is 2.42. The molecule has 1 saturated carbocycles. The second-order valence-electron chi connectivity index (χ2n) is 5.51. The Bertz CT molecular complexity index is 355. The summed E-state index contributed by atoms with van der Waals surface area (Å²) in [6, 6.07) is 0.635. The number of rotatable bonds is 5. The monoisotopic (exact) mass is 238 g/mol. The molecule has 2 atom stereocenters. The van der Waals surface area contributed by atoms with Gasteiger partial charge in [0.25, 0.3) is 0 Å². The molecule has 1 fully saturated rings. The maximum atomic E-state index is 4.54. The van der Waals surface area contributed by atoms with Gasteiger partial charge in [0.1, 0.15) is 0 Å². The highest BCUT2D eigenvalue weighted by atomic mass is 32.1. The van der Waals surface area contributed by atoms with Crippen molar-refractivity contribution in [3.8, 4) is 0 Å². The zero-order valence-electron chi connectivity index (χ0n) is 10.7. The van der Waals surface area contributed by atoms with Crippen molar-refractivity contribution in [1.29, 1.82) is 0 Å². The average molecular weight is 238 g/mol. The fourth-order valence-corrected chi connectivity index (χ4v) is 2.77. The summed E-state index contributed by atoms with van der Waals surface area (Å²) in [4.78, 5) is 4.54. The van der Waals surface area contributed by atoms with E-state index in [1.165, 1.54) is 17.8 Å². The number of aromatic nitrogens is 1. The van der Waals surface area contributed by atoms with Crippen LogP contribution in [0.4, 0.5) is 0 Å². The summed E-state index contributed by atoms with van der Waals surface area (Å²) in [6.45, 7) is 10.1. The summed E-state index contributed by atoms with van der Waals surface area (Å²) in [5.41, 5.74) is 1.72. The van der Waals surface area contributed by atoms with Crippen LogP contribution in [-0.4, -0.2) is 17.6 Å². The molecule has 3 heteroatoms. The van der Waals surface area contributed by atoms with E-state index in [4.69, 9.17) is 0 Å². The Balaban J connectivity index is 1.81. The van der Waals surface area contributed by atoms with E-state index in [1.807, 2.05) is 0 Å². The maximum absolute atomic E-state index is 4.54. The lowest BCUT2D eigenvalue weighted by Gasteiger charge is -2.22. The van der Waals surface area contributed by atoms with Crippen molar-refractivity contribution in [1.82, 2.24) is 10.3 Å². The molecule has 0 aliphatic heterocycles. The summed E-state index contributed by atoms with van der Waals surface area (Å²) in [5.74, 6) is 0.531. The van der Waals surface area contributed by atoms with E-state index in [0.29, 0.717) is 17.4 Å². The van der Waals surface area contributed by atoms with Gasteiger partial charge in [0.15, 0.2) is 0 Å². The quantitative estimate of drug-likeness (QED) is 0.851. The number of nitrogens with zero attached hydrogens (tertiary/aromatic N) is 1. The molecule has 1 aromatic rings. The predicted octanol–water partition coefficient (Wildman–Crippen LogP) is 3.33. The van der Waals surface area contributed by atoms with Gasteiger partial charge in [-0.3, -0.25) is 0 Å². The predicted molar refractivity (Wildman–Crippen MR) is 70.1 cm³/mol. The number of hydrogen-bond donors (Lipinski definition) is 1. The van der Waals surface area contributed by atoms with Crippen LogP contribution >= 0.6 is 11.3 Å². The van der Waals surface area contributed by atoms with Crippen LogP contribution in [0.5, 0.6) is 0 Å². The van der Waals surface area contributed by atoms with E-state index in [1.54, 1.807) is 11.3 Å². The number of aryl methyl sites for hydroxylation is 1. The van der Waals surface area contributed by atoms with Crippen LogP contribution in [0.1, 0.15) is 50.2 Å². The molecule has 90 valence electrons. The van der Waals surface area contributed by atoms with Crippen LogP contribution in [0.2, 0.25) is 0 Å². The molecule has 2 nitrogen and oxygen atoms in total. The SMILES string of the molecule is Cc1csc(C(C)CNC(C)C2(C)CC2)n1. The molecule has 0 spiro atoms. The second kappa shape index (κ2) is 4.46. The fraction of sp³-hybridized carbons (Fsp3) is 0.769. The summed E-state index contributed by atoms with van der Waals surface area (Å²) < 4.78 is 0. The van der Waals surface area contributed by atoms with E-state index in [0.717, 1.165) is 12.2 Å². The minimum absolute atomic E-state index is 0.531. The summed E-state index contributed by atoms with van der Waals surface area (Å²) >= 11 is 1.78. The number of nitrogens with one attached hydrogen (secondary N) is 1. The minimum atomic E-state index is 0.531. The van der Waals surface area contributed by atoms with Crippen molar-refractivity contribution in [3.63, 3.8) is 0 Å². The lowest BCUT2D eigenvalue weighted by molar-refractivity contribution is 0.374. The van der Waals surface area contributed by atoms with Crippen molar-refractivity contribution < 1.29 is 0 Å². The van der Waals surface area contributed by atoms with Gasteiger partial charge in [0.2, 0.25) is 0 Å². The van der Waals surface area contributed by atoms with E-state index in [9.17, 15) is 0 Å². The molecular weight excluding hydrogens is 216 g/mol. The van der Waals surface area contributed by atoms with Crippen LogP contribution in [-0.2, 0) is 0 Å². The van der Waals surface area contributed by atoms with Gasteiger partial charge in [0.05, 0.1) is 5.01 Å². The lowest BCUT2D eigenvalue weighted by Crippen LogP contribution is -2.35. The fourth-order valence-electron chi connectivity index (χ4n) is 1.92. The third-order valence-electron chi connectivity index (χ3n) is 3.87. The van der Waals surface area contributed by atoms with Crippen LogP contribution in [0.15, 0.2) is 5.38 Å². The van der Waals surface area contributed by atoms with Crippen molar-refractivity contribution in [2.45, 2.75) is 52.5 Å². The van der Waals surface area contributed by atoms with Crippen LogP contribution in [0, 0.1) is 12.3 Å². The number of thiazole rings is 1. The Labute approximate surface area is 102 Å². The third kappa shape index (κ3) is 2.64. The summed E-state index contributed by atoms with van der Waals surface area (Å²) in [5, 5.41) is 7.06. The summed E-state index contributed by atoms with van der Waals surface area (Å²) in [7, 11) is 0. The van der Waals surface area contributed by atoms with Crippen molar-refractivity contribution >= 4 is 11.3 Å². The molecule has 0 radical (unpaired) electrons. The zero-order chi connectivity index (χ0) is 11.8. The van der Waals surface area contributed by atoms with Crippen LogP contribution in [0.25, 0.3) is 0 Å². The molecule has 2 unspecified atom stereocenters. The molecule has 1 aliphatic rings. The molecule has 1 aromatic heterocycles. The third-order valence-corrected chi connectivity index (χ3v) is 5.07. The Morgan fingerprint density at radius 2 is 2.19 bits per heavy atom. The largest absolute Gasteiger partial charge is 0.313 e. The maximum Gasteiger partial charge on any atom is 0.0969 e. The number of hydrogen-bond acceptors (Lipinski definition) is 3. The first-order chi connectivity index (χ1) is 7.51. The van der Waals surface area contributed by atoms with Gasteiger partial charge in [-0.05, 0) is 32.1 Å². The van der Waals surface area contributed by atoms with Crippen LogP contribution in [0.3, 0.4) is 0 Å². The molecule has 2 rings (SSSR count). The van der Waals surface area contributed by atoms with Crippen molar-refractivity contribution in [3.05, 3.63) is 16.1 Å². The Hall–Kier alpha value is -0.410. The van der Waals surface area contributed by atoms with Gasteiger partial charge in [0, 0.05) is 29.6 Å². The summed E-state index contributed by atoms with van der Waals surface area (Å²) in [6.07, 6.45) is 2.76. The highest BCUT2D eigenvalue weighted by Crippen LogP contribution is 2.47. The zero-order valence-corrected chi connectivity index (χ0v) is 11.5. The smallest absolute Gasteiger partial charge is 0.0969 e. The highest BCUT2D eigenvalue weighted by molar-refractivity contribution is 7.09. The molecule has 1 N–H and O–H groups in total. The first-order valence-electron chi connectivity index (χ1n) is 6.17. The van der Waals surface area contributed by atoms with E-state index < -0.39 is 0 Å². The molecule has 0 amide bonds. The lowest BCUT2D eigenvalue weighted by atomic mass is 10.0. The molecule has 1 aliphatic carbocycles. The van der Waals surface area contributed by atoms with Crippen molar-refractivity contribution in [2.75, 3.05) is 6.54 Å². The molecular formula is C13H22N2S. The topological polar surface area (TPSA) is 24.9 Å². The van der Waals surface area contributed by atoms with E-state index in [-0.39, 0.29) is 0 Å². The Kier molecular flexibility index (Phi) is 3.36. The standard InChI is InChI=1S/C13H22N2S/c1-9(12-15-10(2)8-16-12)7-14-11(3)13(4)5-6-13/h8-9,11,14H,5-7H2,1-4H3. The first kappa shape index (κ1) is 12.1. The molecule has 0 bridgehead atoms. The molecule has 16 heavy (non-hydrogen) atoms. The van der Waals surface area contributed by atoms with Gasteiger partial charge in [-0.15, -0.1) is 11.3 Å². The van der Waals surface area contributed by atoms with E-state index >= 15 is 0 Å². The first-order valence-corrected chi connectivity index (χ1v) is 7.05. The minimum Gasteiger partial charge on any atom is -0.313 e. The van der Waals surface area contributed by atoms with Gasteiger partial charge in [-0.1, -0.05) is 13.8 Å². The molecule has 0 aromatic carbocycles. The molecule has 1 heterocycles. The normalized spacial score (nSPS) is 21.8. The van der Waals surface area contributed by atoms with Gasteiger partial charge < -0.3 is 5.32 Å². The van der Waals surface area contributed by atoms with Gasteiger partial charge >= 0.3 is 0 Å². The average Bonchev–Trinajstić information content (AvgIpc) is 2.85. The molecule has 0 saturated heterocycles. The Morgan fingerprint density at radius 1 is 1.50 bits per heavy atom. The van der Waals surface area contributed by atoms with E-state index in [2.05, 4.69) is 43.4 Å². The second-order valence-corrected chi connectivity index (χ2v) is 6.40. The van der Waals surface area contributed by atoms with Gasteiger partial charge in [-0.25, -0.2) is 4.98 Å².